The molecular formula is C18H21N5O2. The topological polar surface area (TPSA) is 81.9 Å². The Hall–Kier alpha value is -2.96. The highest BCUT2D eigenvalue weighted by Crippen LogP contribution is 2.29. The van der Waals surface area contributed by atoms with E-state index in [1.165, 1.54) is 0 Å². The van der Waals surface area contributed by atoms with E-state index in [1.54, 1.807) is 30.2 Å². The van der Waals surface area contributed by atoms with E-state index in [-0.39, 0.29) is 5.97 Å². The fourth-order valence-electron chi connectivity index (χ4n) is 2.71. The predicted molar refractivity (Wildman–Crippen MR) is 95.7 cm³/mol. The first-order valence-corrected chi connectivity index (χ1v) is 8.25. The molecule has 0 saturated carbocycles. The fraction of sp³-hybridized carbons (Fsp3) is 0.333. The molecule has 7 heteroatoms. The van der Waals surface area contributed by atoms with Crippen molar-refractivity contribution in [2.45, 2.75) is 27.3 Å². The van der Waals surface area contributed by atoms with E-state index >= 15 is 0 Å². The number of fused-ring (bicyclic) bond motifs is 1. The minimum absolute atomic E-state index is 0.322. The second-order valence-corrected chi connectivity index (χ2v) is 5.76. The monoisotopic (exact) mass is 339 g/mol. The Bertz CT molecular complexity index is 890. The highest BCUT2D eigenvalue weighted by molar-refractivity contribution is 6.05. The van der Waals surface area contributed by atoms with Crippen molar-refractivity contribution in [1.82, 2.24) is 20.0 Å². The first-order valence-electron chi connectivity index (χ1n) is 8.25. The molecule has 3 rings (SSSR count). The third-order valence-electron chi connectivity index (χ3n) is 4.17. The van der Waals surface area contributed by atoms with Crippen LogP contribution < -0.4 is 5.32 Å². The lowest BCUT2D eigenvalue weighted by molar-refractivity contribution is 0.0527. The summed E-state index contributed by atoms with van der Waals surface area (Å²) in [5.74, 6) is -0.376. The van der Waals surface area contributed by atoms with Crippen molar-refractivity contribution in [3.05, 3.63) is 47.4 Å². The molecule has 0 radical (unpaired) electrons. The predicted octanol–water partition coefficient (Wildman–Crippen LogP) is 2.73. The molecule has 1 N–H and O–H groups in total. The van der Waals surface area contributed by atoms with Crippen LogP contribution in [0.3, 0.4) is 0 Å². The molecule has 0 amide bonds. The molecule has 0 aliphatic carbocycles. The molecule has 0 atom stereocenters. The Morgan fingerprint density at radius 1 is 1.32 bits per heavy atom. The number of nitrogens with zero attached hydrogens (tertiary/aromatic N) is 4. The van der Waals surface area contributed by atoms with Crippen LogP contribution in [0.2, 0.25) is 0 Å². The van der Waals surface area contributed by atoms with E-state index < -0.39 is 0 Å². The van der Waals surface area contributed by atoms with Gasteiger partial charge < -0.3 is 10.1 Å². The molecule has 25 heavy (non-hydrogen) atoms. The minimum Gasteiger partial charge on any atom is -0.462 e. The molecule has 0 spiro atoms. The van der Waals surface area contributed by atoms with Crippen LogP contribution in [-0.2, 0) is 11.3 Å². The number of anilines is 1. The summed E-state index contributed by atoms with van der Waals surface area (Å²) in [7, 11) is 0. The quantitative estimate of drug-likeness (QED) is 0.695. The summed E-state index contributed by atoms with van der Waals surface area (Å²) >= 11 is 0. The van der Waals surface area contributed by atoms with Crippen LogP contribution in [0.4, 0.5) is 5.69 Å². The maximum Gasteiger partial charge on any atom is 0.341 e. The van der Waals surface area contributed by atoms with Gasteiger partial charge in [0.2, 0.25) is 0 Å². The number of benzene rings is 1. The van der Waals surface area contributed by atoms with Gasteiger partial charge in [0.25, 0.3) is 0 Å². The highest BCUT2D eigenvalue weighted by Gasteiger charge is 2.17. The van der Waals surface area contributed by atoms with Crippen LogP contribution in [0.25, 0.3) is 10.9 Å². The van der Waals surface area contributed by atoms with E-state index in [1.807, 2.05) is 26.0 Å². The Kier molecular flexibility index (Phi) is 4.92. The Morgan fingerprint density at radius 3 is 2.88 bits per heavy atom. The van der Waals surface area contributed by atoms with E-state index in [4.69, 9.17) is 4.74 Å². The molecule has 7 nitrogen and oxygen atoms in total. The van der Waals surface area contributed by atoms with Gasteiger partial charge in [-0.25, -0.2) is 4.79 Å². The van der Waals surface area contributed by atoms with E-state index in [2.05, 4.69) is 20.6 Å². The molecule has 2 heterocycles. The summed E-state index contributed by atoms with van der Waals surface area (Å²) in [6.45, 7) is 7.43. The van der Waals surface area contributed by atoms with Crippen LogP contribution in [0, 0.1) is 13.8 Å². The van der Waals surface area contributed by atoms with Crippen LogP contribution in [0.15, 0.2) is 30.7 Å². The van der Waals surface area contributed by atoms with Gasteiger partial charge in [-0.2, -0.15) is 0 Å². The number of pyridine rings is 1. The van der Waals surface area contributed by atoms with Crippen molar-refractivity contribution in [3.63, 3.8) is 0 Å². The second kappa shape index (κ2) is 7.29. The van der Waals surface area contributed by atoms with Gasteiger partial charge >= 0.3 is 5.97 Å². The number of esters is 1. The van der Waals surface area contributed by atoms with Crippen molar-refractivity contribution in [2.24, 2.45) is 0 Å². The number of aryl methyl sites for hydroxylation is 2. The summed E-state index contributed by atoms with van der Waals surface area (Å²) in [6, 6.07) is 4.03. The molecule has 0 fully saturated rings. The zero-order valence-electron chi connectivity index (χ0n) is 14.6. The molecule has 0 bridgehead atoms. The number of rotatable bonds is 6. The SMILES string of the molecule is CCOC(=O)c1cnc2c(C)c(C)ccc2c1NCCn1ccnn1. The Morgan fingerprint density at radius 2 is 2.16 bits per heavy atom. The number of ether oxygens (including phenoxy) is 1. The Balaban J connectivity index is 1.99. The second-order valence-electron chi connectivity index (χ2n) is 5.76. The molecule has 0 aliphatic rings. The van der Waals surface area contributed by atoms with Crippen LogP contribution in [-0.4, -0.2) is 39.1 Å². The first kappa shape index (κ1) is 16.9. The zero-order valence-corrected chi connectivity index (χ0v) is 14.6. The number of hydrogen-bond donors (Lipinski definition) is 1. The largest absolute Gasteiger partial charge is 0.462 e. The molecule has 3 aromatic rings. The number of aromatic nitrogens is 4. The third kappa shape index (κ3) is 3.45. The number of carbonyl (C=O) groups excluding carboxylic acids is 1. The van der Waals surface area contributed by atoms with E-state index in [0.29, 0.717) is 25.3 Å². The van der Waals surface area contributed by atoms with Gasteiger partial charge in [-0.1, -0.05) is 17.3 Å². The average molecular weight is 339 g/mol. The normalized spacial score (nSPS) is 10.8. The smallest absolute Gasteiger partial charge is 0.341 e. The van der Waals surface area contributed by atoms with Crippen molar-refractivity contribution >= 4 is 22.6 Å². The molecule has 0 unspecified atom stereocenters. The number of hydrogen-bond acceptors (Lipinski definition) is 6. The average Bonchev–Trinajstić information content (AvgIpc) is 3.12. The van der Waals surface area contributed by atoms with Gasteiger partial charge in [0.15, 0.2) is 0 Å². The highest BCUT2D eigenvalue weighted by atomic mass is 16.5. The van der Waals surface area contributed by atoms with Crippen molar-refractivity contribution in [3.8, 4) is 0 Å². The van der Waals surface area contributed by atoms with Gasteiger partial charge in [-0.15, -0.1) is 5.10 Å². The molecule has 0 aliphatic heterocycles. The first-order chi connectivity index (χ1) is 12.1. The van der Waals surface area contributed by atoms with Gasteiger partial charge in [0.1, 0.15) is 5.56 Å². The van der Waals surface area contributed by atoms with Crippen LogP contribution in [0.5, 0.6) is 0 Å². The summed E-state index contributed by atoms with van der Waals surface area (Å²) in [6.07, 6.45) is 5.02. The van der Waals surface area contributed by atoms with E-state index in [0.717, 1.165) is 27.7 Å². The third-order valence-corrected chi connectivity index (χ3v) is 4.17. The van der Waals surface area contributed by atoms with Gasteiger partial charge in [-0.05, 0) is 31.9 Å². The zero-order chi connectivity index (χ0) is 17.8. The lowest BCUT2D eigenvalue weighted by Crippen LogP contribution is -2.15. The molecule has 1 aromatic carbocycles. The maximum absolute atomic E-state index is 12.3. The van der Waals surface area contributed by atoms with Gasteiger partial charge in [-0.3, -0.25) is 9.67 Å². The lowest BCUT2D eigenvalue weighted by atomic mass is 10.0. The summed E-state index contributed by atoms with van der Waals surface area (Å²) in [5, 5.41) is 12.0. The maximum atomic E-state index is 12.3. The van der Waals surface area contributed by atoms with Crippen LogP contribution >= 0.6 is 0 Å². The fourth-order valence-corrected chi connectivity index (χ4v) is 2.71. The minimum atomic E-state index is -0.376. The molecular weight excluding hydrogens is 318 g/mol. The van der Waals surface area contributed by atoms with E-state index in [9.17, 15) is 4.79 Å². The van der Waals surface area contributed by atoms with Crippen molar-refractivity contribution in [2.75, 3.05) is 18.5 Å². The van der Waals surface area contributed by atoms with Gasteiger partial charge in [0, 0.05) is 24.3 Å². The Labute approximate surface area is 146 Å². The molecule has 130 valence electrons. The number of carbonyl (C=O) groups is 1. The standard InChI is InChI=1S/C18H21N5O2/c1-4-25-18(24)15-11-20-16-13(3)12(2)5-6-14(16)17(15)19-7-9-23-10-8-21-22-23/h5-6,8,10-11H,4,7,9H2,1-3H3,(H,19,20). The van der Waals surface area contributed by atoms with Crippen molar-refractivity contribution in [1.29, 1.82) is 0 Å². The summed E-state index contributed by atoms with van der Waals surface area (Å²) < 4.78 is 6.91. The molecule has 0 saturated heterocycles. The van der Waals surface area contributed by atoms with Crippen molar-refractivity contribution < 1.29 is 9.53 Å². The number of nitrogens with one attached hydrogen (secondary N) is 1. The molecule has 2 aromatic heterocycles. The van der Waals surface area contributed by atoms with Crippen LogP contribution in [0.1, 0.15) is 28.4 Å². The van der Waals surface area contributed by atoms with Gasteiger partial charge in [0.05, 0.1) is 30.6 Å². The summed E-state index contributed by atoms with van der Waals surface area (Å²) in [4.78, 5) is 16.8. The summed E-state index contributed by atoms with van der Waals surface area (Å²) in [5.41, 5.74) is 4.34. The lowest BCUT2D eigenvalue weighted by Gasteiger charge is -2.15.